The quantitative estimate of drug-likeness (QED) is 0.561. The SMILES string of the molecule is C[C@]12CC[C@@H]3[C@@H](CCC4=CC(O)CC[C@@]43CO[Si](C)(C)C)[C@@H]1CCC2O. The van der Waals surface area contributed by atoms with Crippen LogP contribution in [0.15, 0.2) is 11.6 Å². The lowest BCUT2D eigenvalue weighted by Gasteiger charge is -2.59. The van der Waals surface area contributed by atoms with Crippen molar-refractivity contribution in [1.82, 2.24) is 0 Å². The zero-order chi connectivity index (χ0) is 18.7. The number of hydrogen-bond acceptors (Lipinski definition) is 3. The molecular formula is C22H38O3Si. The molecule has 0 aromatic heterocycles. The fraction of sp³-hybridized carbons (Fsp3) is 0.909. The first-order valence-electron chi connectivity index (χ1n) is 10.9. The molecule has 0 amide bonds. The van der Waals surface area contributed by atoms with Crippen LogP contribution in [-0.4, -0.2) is 37.3 Å². The van der Waals surface area contributed by atoms with E-state index in [2.05, 4.69) is 32.6 Å². The summed E-state index contributed by atoms with van der Waals surface area (Å²) in [7, 11) is -1.58. The Morgan fingerprint density at radius 2 is 1.81 bits per heavy atom. The molecule has 2 N–H and O–H groups in total. The van der Waals surface area contributed by atoms with E-state index in [9.17, 15) is 10.2 Å². The van der Waals surface area contributed by atoms with Gasteiger partial charge in [0.1, 0.15) is 0 Å². The molecule has 0 aliphatic heterocycles. The van der Waals surface area contributed by atoms with Gasteiger partial charge in [0.2, 0.25) is 0 Å². The molecule has 3 nitrogen and oxygen atoms in total. The second kappa shape index (κ2) is 6.43. The minimum Gasteiger partial charge on any atom is -0.417 e. The largest absolute Gasteiger partial charge is 0.417 e. The Morgan fingerprint density at radius 3 is 2.54 bits per heavy atom. The molecule has 26 heavy (non-hydrogen) atoms. The third-order valence-corrected chi connectivity index (χ3v) is 9.54. The number of hydrogen-bond donors (Lipinski definition) is 2. The molecule has 0 aromatic carbocycles. The van der Waals surface area contributed by atoms with Crippen molar-refractivity contribution in [3.8, 4) is 0 Å². The topological polar surface area (TPSA) is 49.7 Å². The first-order valence-corrected chi connectivity index (χ1v) is 14.3. The third kappa shape index (κ3) is 2.96. The van der Waals surface area contributed by atoms with Crippen molar-refractivity contribution in [2.24, 2.45) is 28.6 Å². The molecule has 0 spiro atoms. The monoisotopic (exact) mass is 378 g/mol. The third-order valence-electron chi connectivity index (χ3n) is 8.53. The van der Waals surface area contributed by atoms with E-state index in [1.807, 2.05) is 0 Å². The molecule has 0 aromatic rings. The fourth-order valence-corrected chi connectivity index (χ4v) is 7.78. The Labute approximate surface area is 160 Å². The summed E-state index contributed by atoms with van der Waals surface area (Å²) in [5, 5.41) is 20.9. The lowest BCUT2D eigenvalue weighted by atomic mass is 9.47. The van der Waals surface area contributed by atoms with Gasteiger partial charge in [-0.3, -0.25) is 0 Å². The maximum absolute atomic E-state index is 10.7. The van der Waals surface area contributed by atoms with Gasteiger partial charge in [-0.25, -0.2) is 0 Å². The average Bonchev–Trinajstić information content (AvgIpc) is 2.88. The standard InChI is InChI=1S/C22H38O3Si/c1-21-11-10-19-17(18(21)7-8-20(21)24)6-5-15-13-16(23)9-12-22(15,19)14-25-26(2,3)4/h13,16-20,23-24H,5-12,14H2,1-4H3/t16?,17-,18-,19+,20?,21-,22+/m0/s1. The van der Waals surface area contributed by atoms with Crippen molar-refractivity contribution in [3.63, 3.8) is 0 Å². The summed E-state index contributed by atoms with van der Waals surface area (Å²) < 4.78 is 6.54. The number of aliphatic hydroxyl groups excluding tert-OH is 2. The summed E-state index contributed by atoms with van der Waals surface area (Å²) in [6.45, 7) is 10.1. The van der Waals surface area contributed by atoms with E-state index in [0.717, 1.165) is 44.6 Å². The summed E-state index contributed by atoms with van der Waals surface area (Å²) in [6.07, 6.45) is 10.7. The molecular weight excluding hydrogens is 340 g/mol. The van der Waals surface area contributed by atoms with Crippen LogP contribution in [0.4, 0.5) is 0 Å². The summed E-state index contributed by atoms with van der Waals surface area (Å²) in [6, 6.07) is 0. The minimum absolute atomic E-state index is 0.104. The van der Waals surface area contributed by atoms with Crippen LogP contribution in [0.5, 0.6) is 0 Å². The van der Waals surface area contributed by atoms with Crippen LogP contribution in [0.2, 0.25) is 19.6 Å². The van der Waals surface area contributed by atoms with Gasteiger partial charge in [0.15, 0.2) is 8.32 Å². The molecule has 0 bridgehead atoms. The van der Waals surface area contributed by atoms with E-state index < -0.39 is 8.32 Å². The first kappa shape index (κ1) is 19.2. The highest BCUT2D eigenvalue weighted by atomic mass is 28.4. The van der Waals surface area contributed by atoms with E-state index in [4.69, 9.17) is 4.43 Å². The summed E-state index contributed by atoms with van der Waals surface area (Å²) in [4.78, 5) is 0. The first-order chi connectivity index (χ1) is 12.2. The van der Waals surface area contributed by atoms with Gasteiger partial charge in [0.25, 0.3) is 0 Å². The molecule has 3 fully saturated rings. The fourth-order valence-electron chi connectivity index (χ4n) is 7.09. The van der Waals surface area contributed by atoms with Gasteiger partial charge in [0.05, 0.1) is 12.2 Å². The zero-order valence-corrected chi connectivity index (χ0v) is 18.1. The van der Waals surface area contributed by atoms with Crippen LogP contribution < -0.4 is 0 Å². The lowest BCUT2D eigenvalue weighted by Crippen LogP contribution is -2.54. The highest BCUT2D eigenvalue weighted by molar-refractivity contribution is 6.69. The van der Waals surface area contributed by atoms with Crippen LogP contribution in [0, 0.1) is 28.6 Å². The molecule has 0 heterocycles. The smallest absolute Gasteiger partial charge is 0.183 e. The van der Waals surface area contributed by atoms with Crippen molar-refractivity contribution >= 4 is 8.32 Å². The van der Waals surface area contributed by atoms with Crippen molar-refractivity contribution in [3.05, 3.63) is 11.6 Å². The molecule has 0 saturated heterocycles. The van der Waals surface area contributed by atoms with Gasteiger partial charge < -0.3 is 14.6 Å². The molecule has 4 aliphatic rings. The van der Waals surface area contributed by atoms with Crippen LogP contribution >= 0.6 is 0 Å². The van der Waals surface area contributed by atoms with Crippen molar-refractivity contribution in [2.45, 2.75) is 90.1 Å². The van der Waals surface area contributed by atoms with Crippen LogP contribution in [-0.2, 0) is 4.43 Å². The maximum Gasteiger partial charge on any atom is 0.183 e. The molecule has 148 valence electrons. The molecule has 4 heteroatoms. The Bertz CT molecular complexity index is 582. The molecule has 0 radical (unpaired) electrons. The van der Waals surface area contributed by atoms with Crippen molar-refractivity contribution in [2.75, 3.05) is 6.61 Å². The van der Waals surface area contributed by atoms with E-state index in [-0.39, 0.29) is 23.0 Å². The molecule has 4 aliphatic carbocycles. The zero-order valence-electron chi connectivity index (χ0n) is 17.1. The van der Waals surface area contributed by atoms with Crippen molar-refractivity contribution in [1.29, 1.82) is 0 Å². The predicted octanol–water partition coefficient (Wildman–Crippen LogP) is 4.50. The Hall–Kier alpha value is -0.163. The van der Waals surface area contributed by atoms with Gasteiger partial charge in [-0.1, -0.05) is 18.6 Å². The lowest BCUT2D eigenvalue weighted by molar-refractivity contribution is -0.0914. The Morgan fingerprint density at radius 1 is 1.04 bits per heavy atom. The van der Waals surface area contributed by atoms with E-state index >= 15 is 0 Å². The highest BCUT2D eigenvalue weighted by Gasteiger charge is 2.60. The summed E-state index contributed by atoms with van der Waals surface area (Å²) in [5.41, 5.74) is 1.78. The number of rotatable bonds is 3. The van der Waals surface area contributed by atoms with E-state index in [0.29, 0.717) is 11.8 Å². The Balaban J connectivity index is 1.67. The summed E-state index contributed by atoms with van der Waals surface area (Å²) in [5.74, 6) is 2.08. The molecule has 2 unspecified atom stereocenters. The van der Waals surface area contributed by atoms with Gasteiger partial charge in [-0.2, -0.15) is 0 Å². The van der Waals surface area contributed by atoms with Gasteiger partial charge in [-0.15, -0.1) is 0 Å². The van der Waals surface area contributed by atoms with Gasteiger partial charge >= 0.3 is 0 Å². The highest BCUT2D eigenvalue weighted by Crippen LogP contribution is 2.65. The minimum atomic E-state index is -1.58. The molecule has 3 saturated carbocycles. The van der Waals surface area contributed by atoms with Gasteiger partial charge in [0, 0.05) is 12.0 Å². The molecule has 4 rings (SSSR count). The number of aliphatic hydroxyl groups is 2. The second-order valence-corrected chi connectivity index (χ2v) is 15.4. The average molecular weight is 379 g/mol. The Kier molecular flexibility index (Phi) is 4.74. The molecule has 7 atom stereocenters. The summed E-state index contributed by atoms with van der Waals surface area (Å²) >= 11 is 0. The van der Waals surface area contributed by atoms with Crippen LogP contribution in [0.1, 0.15) is 58.3 Å². The van der Waals surface area contributed by atoms with E-state index in [1.165, 1.54) is 24.8 Å². The predicted molar refractivity (Wildman–Crippen MR) is 107 cm³/mol. The van der Waals surface area contributed by atoms with Crippen molar-refractivity contribution < 1.29 is 14.6 Å². The number of fused-ring (bicyclic) bond motifs is 5. The van der Waals surface area contributed by atoms with Crippen LogP contribution in [0.3, 0.4) is 0 Å². The maximum atomic E-state index is 10.7. The van der Waals surface area contributed by atoms with Gasteiger partial charge in [-0.05, 0) is 94.2 Å². The second-order valence-electron chi connectivity index (χ2n) is 10.9. The van der Waals surface area contributed by atoms with Crippen LogP contribution in [0.25, 0.3) is 0 Å². The van der Waals surface area contributed by atoms with E-state index in [1.54, 1.807) is 0 Å². The normalized spacial score (nSPS) is 48.4.